The molecule has 0 saturated heterocycles. The number of hydrogen-bond acceptors (Lipinski definition) is 6. The van der Waals surface area contributed by atoms with Crippen LogP contribution in [0.1, 0.15) is 27.2 Å². The zero-order valence-corrected chi connectivity index (χ0v) is 12.5. The molecule has 0 aromatic carbocycles. The Morgan fingerprint density at radius 3 is 2.31 bits per heavy atom. The maximum absolute atomic E-state index is 10.5. The Balaban J connectivity index is 3.76. The highest BCUT2D eigenvalue weighted by Crippen LogP contribution is 2.60. The van der Waals surface area contributed by atoms with Gasteiger partial charge in [-0.25, -0.2) is 0 Å². The molecule has 4 nitrogen and oxygen atoms in total. The van der Waals surface area contributed by atoms with Crippen LogP contribution in [0.3, 0.4) is 0 Å². The molecule has 0 saturated carbocycles. The molecule has 0 spiro atoms. The van der Waals surface area contributed by atoms with Gasteiger partial charge in [-0.15, -0.1) is 0 Å². The van der Waals surface area contributed by atoms with Crippen molar-refractivity contribution in [3.8, 4) is 0 Å². The van der Waals surface area contributed by atoms with E-state index in [0.717, 1.165) is 12.2 Å². The fourth-order valence-electron chi connectivity index (χ4n) is 0.879. The Morgan fingerprint density at radius 2 is 1.88 bits per heavy atom. The maximum Gasteiger partial charge on any atom is 0.302 e. The molecule has 7 heteroatoms. The van der Waals surface area contributed by atoms with E-state index in [1.807, 2.05) is 13.8 Å². The zero-order valence-electron chi connectivity index (χ0n) is 9.93. The molecular formula is C9H19O4PS2. The van der Waals surface area contributed by atoms with Gasteiger partial charge in [0.25, 0.3) is 0 Å². The van der Waals surface area contributed by atoms with Crippen LogP contribution >= 0.6 is 17.1 Å². The van der Waals surface area contributed by atoms with Crippen LogP contribution in [0.5, 0.6) is 0 Å². The van der Waals surface area contributed by atoms with Crippen molar-refractivity contribution < 1.29 is 18.6 Å². The van der Waals surface area contributed by atoms with Crippen LogP contribution in [0.15, 0.2) is 0 Å². The Labute approximate surface area is 106 Å². The highest BCUT2D eigenvalue weighted by molar-refractivity contribution is 8.67. The summed E-state index contributed by atoms with van der Waals surface area (Å²) in [7, 11) is 0. The number of hydrogen-bond donors (Lipinski definition) is 0. The number of carbonyl (C=O) groups is 1. The molecule has 0 rings (SSSR count). The average molecular weight is 286 g/mol. The molecule has 0 aliphatic carbocycles. The normalized spacial score (nSPS) is 11.4. The molecule has 0 heterocycles. The zero-order chi connectivity index (χ0) is 12.4. The Bertz CT molecular complexity index is 238. The summed E-state index contributed by atoms with van der Waals surface area (Å²) in [6.45, 7) is 6.76. The lowest BCUT2D eigenvalue weighted by atomic mass is 10.5. The molecule has 0 aromatic rings. The first-order chi connectivity index (χ1) is 7.54. The van der Waals surface area contributed by atoms with Gasteiger partial charge in [-0.3, -0.25) is 4.79 Å². The van der Waals surface area contributed by atoms with Crippen LogP contribution in [-0.2, 0) is 30.4 Å². The van der Waals surface area contributed by atoms with Crippen molar-refractivity contribution in [2.24, 2.45) is 0 Å². The third kappa shape index (κ3) is 8.53. The molecule has 0 fully saturated rings. The second-order valence-electron chi connectivity index (χ2n) is 2.81. The third-order valence-electron chi connectivity index (χ3n) is 1.42. The van der Waals surface area contributed by atoms with Crippen LogP contribution < -0.4 is 0 Å². The predicted molar refractivity (Wildman–Crippen MR) is 71.2 cm³/mol. The summed E-state index contributed by atoms with van der Waals surface area (Å²) in [6.07, 6.45) is 0.767. The number of ether oxygens (including phenoxy) is 1. The lowest BCUT2D eigenvalue weighted by Gasteiger charge is -2.19. The van der Waals surface area contributed by atoms with E-state index in [4.69, 9.17) is 25.6 Å². The smallest absolute Gasteiger partial charge is 0.302 e. The van der Waals surface area contributed by atoms with Crippen molar-refractivity contribution in [1.82, 2.24) is 0 Å². The first-order valence-corrected chi connectivity index (χ1v) is 9.44. The SMILES string of the molecule is CCOP(=S)(OCC)SCCCOC(C)=O. The number of esters is 1. The quantitative estimate of drug-likeness (QED) is 0.369. The molecule has 16 heavy (non-hydrogen) atoms. The van der Waals surface area contributed by atoms with Gasteiger partial charge in [0.1, 0.15) is 0 Å². The lowest BCUT2D eigenvalue weighted by molar-refractivity contribution is -0.140. The molecule has 0 amide bonds. The van der Waals surface area contributed by atoms with Gasteiger partial charge in [-0.05, 0) is 32.1 Å². The van der Waals surface area contributed by atoms with Crippen LogP contribution in [0.4, 0.5) is 0 Å². The molecule has 0 N–H and O–H groups in total. The maximum atomic E-state index is 10.5. The molecule has 0 atom stereocenters. The first kappa shape index (κ1) is 16.4. The molecule has 0 bridgehead atoms. The summed E-state index contributed by atoms with van der Waals surface area (Å²) in [5.74, 6) is 0.531. The Kier molecular flexibility index (Phi) is 9.65. The van der Waals surface area contributed by atoms with Crippen molar-refractivity contribution in [2.45, 2.75) is 27.2 Å². The summed E-state index contributed by atoms with van der Waals surface area (Å²) in [5, 5.41) is 0. The van der Waals surface area contributed by atoms with Crippen LogP contribution in [0.2, 0.25) is 0 Å². The minimum Gasteiger partial charge on any atom is -0.466 e. The van der Waals surface area contributed by atoms with Crippen molar-refractivity contribution in [2.75, 3.05) is 25.6 Å². The van der Waals surface area contributed by atoms with E-state index in [0.29, 0.717) is 19.8 Å². The van der Waals surface area contributed by atoms with Crippen molar-refractivity contribution in [3.63, 3.8) is 0 Å². The van der Waals surface area contributed by atoms with Crippen LogP contribution in [0, 0.1) is 0 Å². The number of rotatable bonds is 9. The van der Waals surface area contributed by atoms with Crippen molar-refractivity contribution in [1.29, 1.82) is 0 Å². The molecule has 0 unspecified atom stereocenters. The Hall–Kier alpha value is 0.390. The Morgan fingerprint density at radius 1 is 1.31 bits per heavy atom. The van der Waals surface area contributed by atoms with E-state index in [1.165, 1.54) is 18.3 Å². The van der Waals surface area contributed by atoms with E-state index in [1.54, 1.807) is 0 Å². The van der Waals surface area contributed by atoms with Gasteiger partial charge >= 0.3 is 5.97 Å². The molecule has 0 aliphatic heterocycles. The van der Waals surface area contributed by atoms with Crippen LogP contribution in [-0.4, -0.2) is 31.5 Å². The molecule has 0 radical (unpaired) electrons. The van der Waals surface area contributed by atoms with Gasteiger partial charge in [0.15, 0.2) is 0 Å². The summed E-state index contributed by atoms with van der Waals surface area (Å²) in [6, 6.07) is 0. The monoisotopic (exact) mass is 286 g/mol. The van der Waals surface area contributed by atoms with E-state index in [-0.39, 0.29) is 5.97 Å². The van der Waals surface area contributed by atoms with E-state index in [2.05, 4.69) is 0 Å². The topological polar surface area (TPSA) is 44.8 Å². The standard InChI is InChI=1S/C9H19O4PS2/c1-4-12-14(15,13-5-2)16-8-6-7-11-9(3)10/h4-8H2,1-3H3. The highest BCUT2D eigenvalue weighted by Gasteiger charge is 2.18. The van der Waals surface area contributed by atoms with Gasteiger partial charge in [0.2, 0.25) is 5.69 Å². The minimum absolute atomic E-state index is 0.251. The van der Waals surface area contributed by atoms with E-state index in [9.17, 15) is 4.79 Å². The highest BCUT2D eigenvalue weighted by atomic mass is 32.9. The minimum atomic E-state index is -2.17. The van der Waals surface area contributed by atoms with Crippen molar-refractivity contribution in [3.05, 3.63) is 0 Å². The van der Waals surface area contributed by atoms with Crippen LogP contribution in [0.25, 0.3) is 0 Å². The average Bonchev–Trinajstić information content (AvgIpc) is 2.17. The lowest BCUT2D eigenvalue weighted by Crippen LogP contribution is -2.01. The largest absolute Gasteiger partial charge is 0.466 e. The van der Waals surface area contributed by atoms with E-state index < -0.39 is 5.69 Å². The fraction of sp³-hybridized carbons (Fsp3) is 0.889. The molecular weight excluding hydrogens is 267 g/mol. The van der Waals surface area contributed by atoms with E-state index >= 15 is 0 Å². The van der Waals surface area contributed by atoms with Gasteiger partial charge < -0.3 is 13.8 Å². The molecule has 96 valence electrons. The predicted octanol–water partition coefficient (Wildman–Crippen LogP) is 2.97. The fourth-order valence-corrected chi connectivity index (χ4v) is 5.65. The van der Waals surface area contributed by atoms with Gasteiger partial charge in [0.05, 0.1) is 19.8 Å². The summed E-state index contributed by atoms with van der Waals surface area (Å²) >= 11 is 6.84. The van der Waals surface area contributed by atoms with Crippen molar-refractivity contribution >= 4 is 34.9 Å². The summed E-state index contributed by atoms with van der Waals surface area (Å²) in [5.41, 5.74) is -2.17. The van der Waals surface area contributed by atoms with Gasteiger partial charge in [-0.2, -0.15) is 0 Å². The second kappa shape index (κ2) is 9.42. The second-order valence-corrected chi connectivity index (χ2v) is 9.24. The molecule has 0 aromatic heterocycles. The third-order valence-corrected chi connectivity index (χ3v) is 7.06. The van der Waals surface area contributed by atoms with Gasteiger partial charge in [-0.1, -0.05) is 11.4 Å². The first-order valence-electron chi connectivity index (χ1n) is 5.21. The molecule has 0 aliphatic rings. The summed E-state index contributed by atoms with van der Waals surface area (Å²) < 4.78 is 15.7. The number of carbonyl (C=O) groups excluding carboxylic acids is 1. The van der Waals surface area contributed by atoms with Gasteiger partial charge in [0, 0.05) is 12.7 Å². The summed E-state index contributed by atoms with van der Waals surface area (Å²) in [4.78, 5) is 10.5.